The van der Waals surface area contributed by atoms with Crippen LogP contribution in [0.2, 0.25) is 0 Å². The number of urea groups is 1. The van der Waals surface area contributed by atoms with E-state index in [2.05, 4.69) is 10.6 Å². The first-order valence-electron chi connectivity index (χ1n) is 12.2. The largest absolute Gasteiger partial charge is 0.493 e. The Morgan fingerprint density at radius 3 is 2.40 bits per heavy atom. The van der Waals surface area contributed by atoms with Gasteiger partial charge in [-0.25, -0.2) is 9.78 Å². The van der Waals surface area contributed by atoms with Crippen LogP contribution in [0.25, 0.3) is 22.2 Å². The maximum absolute atomic E-state index is 11.4. The van der Waals surface area contributed by atoms with E-state index in [-0.39, 0.29) is 0 Å². The van der Waals surface area contributed by atoms with Gasteiger partial charge in [-0.15, -0.1) is 0 Å². The lowest BCUT2D eigenvalue weighted by atomic mass is 9.90. The molecule has 0 unspecified atom stereocenters. The number of hydrogen-bond donors (Lipinski definition) is 3. The van der Waals surface area contributed by atoms with Crippen molar-refractivity contribution in [2.24, 2.45) is 11.7 Å². The van der Waals surface area contributed by atoms with Crippen molar-refractivity contribution in [1.29, 1.82) is 0 Å². The van der Waals surface area contributed by atoms with Crippen LogP contribution in [0.15, 0.2) is 78.9 Å². The van der Waals surface area contributed by atoms with Crippen LogP contribution in [-0.4, -0.2) is 17.6 Å². The Balaban J connectivity index is 1.41. The Labute approximate surface area is 205 Å². The SMILES string of the molecule is NC(=O)Nc1ccc2nc(-c3ccccc3)cc(Nc3ccc(OCC4CCCCC4)cc3)c2c1. The Bertz CT molecular complexity index is 1300. The second kappa shape index (κ2) is 10.5. The minimum absolute atomic E-state index is 0.600. The van der Waals surface area contributed by atoms with Gasteiger partial charge in [0, 0.05) is 22.3 Å². The lowest BCUT2D eigenvalue weighted by Gasteiger charge is -2.21. The molecule has 0 radical (unpaired) electrons. The van der Waals surface area contributed by atoms with Gasteiger partial charge in [0.25, 0.3) is 0 Å². The van der Waals surface area contributed by atoms with Crippen molar-refractivity contribution in [2.75, 3.05) is 17.2 Å². The van der Waals surface area contributed by atoms with Gasteiger partial charge in [0.05, 0.1) is 23.5 Å². The zero-order chi connectivity index (χ0) is 24.0. The normalized spacial score (nSPS) is 13.9. The number of pyridine rings is 1. The molecule has 5 rings (SSSR count). The maximum atomic E-state index is 11.4. The molecule has 0 atom stereocenters. The van der Waals surface area contributed by atoms with Crippen molar-refractivity contribution in [2.45, 2.75) is 32.1 Å². The highest BCUT2D eigenvalue weighted by molar-refractivity contribution is 5.99. The summed E-state index contributed by atoms with van der Waals surface area (Å²) < 4.78 is 6.06. The van der Waals surface area contributed by atoms with E-state index >= 15 is 0 Å². The van der Waals surface area contributed by atoms with Gasteiger partial charge in [-0.3, -0.25) is 0 Å². The Kier molecular flexibility index (Phi) is 6.80. The Morgan fingerprint density at radius 2 is 1.66 bits per heavy atom. The molecule has 0 saturated heterocycles. The molecular weight excluding hydrogens is 436 g/mol. The third kappa shape index (κ3) is 5.72. The number of carbonyl (C=O) groups is 1. The number of primary amides is 1. The van der Waals surface area contributed by atoms with Gasteiger partial charge in [-0.1, -0.05) is 49.6 Å². The molecule has 0 bridgehead atoms. The number of nitrogens with one attached hydrogen (secondary N) is 2. The van der Waals surface area contributed by atoms with Gasteiger partial charge in [-0.05, 0) is 67.3 Å². The van der Waals surface area contributed by atoms with Crippen molar-refractivity contribution < 1.29 is 9.53 Å². The molecule has 0 aliphatic heterocycles. The molecule has 1 aliphatic rings. The average Bonchev–Trinajstić information content (AvgIpc) is 2.89. The molecule has 2 amide bonds. The first kappa shape index (κ1) is 22.7. The van der Waals surface area contributed by atoms with Crippen molar-refractivity contribution in [1.82, 2.24) is 4.98 Å². The van der Waals surface area contributed by atoms with Crippen LogP contribution in [0.3, 0.4) is 0 Å². The monoisotopic (exact) mass is 466 g/mol. The average molecular weight is 467 g/mol. The molecule has 4 aromatic rings. The van der Waals surface area contributed by atoms with E-state index in [1.807, 2.05) is 72.8 Å². The van der Waals surface area contributed by atoms with Gasteiger partial charge >= 0.3 is 6.03 Å². The fourth-order valence-electron chi connectivity index (χ4n) is 4.66. The fourth-order valence-corrected chi connectivity index (χ4v) is 4.66. The topological polar surface area (TPSA) is 89.3 Å². The molecule has 178 valence electrons. The van der Waals surface area contributed by atoms with Crippen molar-refractivity contribution in [3.05, 3.63) is 78.9 Å². The third-order valence-electron chi connectivity index (χ3n) is 6.49. The molecule has 6 heteroatoms. The fraction of sp³-hybridized carbons (Fsp3) is 0.241. The third-order valence-corrected chi connectivity index (χ3v) is 6.49. The second-order valence-corrected chi connectivity index (χ2v) is 9.11. The highest BCUT2D eigenvalue weighted by Crippen LogP contribution is 2.33. The summed E-state index contributed by atoms with van der Waals surface area (Å²) in [5, 5.41) is 7.06. The van der Waals surface area contributed by atoms with Gasteiger partial charge in [-0.2, -0.15) is 0 Å². The molecule has 4 N–H and O–H groups in total. The summed E-state index contributed by atoms with van der Waals surface area (Å²) in [6.45, 7) is 0.790. The summed E-state index contributed by atoms with van der Waals surface area (Å²) in [6, 6.07) is 25.1. The molecule has 1 aromatic heterocycles. The number of anilines is 3. The van der Waals surface area contributed by atoms with Crippen LogP contribution >= 0.6 is 0 Å². The number of amides is 2. The van der Waals surface area contributed by atoms with Crippen LogP contribution in [0.5, 0.6) is 5.75 Å². The predicted molar refractivity (Wildman–Crippen MR) is 142 cm³/mol. The summed E-state index contributed by atoms with van der Waals surface area (Å²) in [4.78, 5) is 16.2. The number of benzene rings is 3. The molecule has 3 aromatic carbocycles. The second-order valence-electron chi connectivity index (χ2n) is 9.11. The highest BCUT2D eigenvalue weighted by atomic mass is 16.5. The quantitative estimate of drug-likeness (QED) is 0.271. The first-order valence-corrected chi connectivity index (χ1v) is 12.2. The van der Waals surface area contributed by atoms with Crippen molar-refractivity contribution in [3.63, 3.8) is 0 Å². The summed E-state index contributed by atoms with van der Waals surface area (Å²) >= 11 is 0. The van der Waals surface area contributed by atoms with Crippen LogP contribution in [-0.2, 0) is 0 Å². The number of fused-ring (bicyclic) bond motifs is 1. The standard InChI is InChI=1S/C29H30N4O2/c30-29(34)32-23-13-16-26-25(17-23)28(18-27(33-26)21-9-5-2-6-10-21)31-22-11-14-24(15-12-22)35-19-20-7-3-1-4-8-20/h2,5-6,9-18,20H,1,3-4,7-8,19H2,(H,31,33)(H3,30,32,34). The minimum Gasteiger partial charge on any atom is -0.493 e. The molecule has 1 heterocycles. The van der Waals surface area contributed by atoms with E-state index in [1.54, 1.807) is 6.07 Å². The number of hydrogen-bond acceptors (Lipinski definition) is 4. The van der Waals surface area contributed by atoms with Crippen LogP contribution in [0, 0.1) is 5.92 Å². The van der Waals surface area contributed by atoms with E-state index in [0.29, 0.717) is 11.6 Å². The zero-order valence-corrected chi connectivity index (χ0v) is 19.7. The van der Waals surface area contributed by atoms with E-state index in [1.165, 1.54) is 32.1 Å². The molecule has 1 aliphatic carbocycles. The molecule has 6 nitrogen and oxygen atoms in total. The van der Waals surface area contributed by atoms with E-state index in [4.69, 9.17) is 15.5 Å². The summed E-state index contributed by atoms with van der Waals surface area (Å²) in [5.74, 6) is 1.56. The number of ether oxygens (including phenoxy) is 1. The lowest BCUT2D eigenvalue weighted by Crippen LogP contribution is -2.19. The number of nitrogens with two attached hydrogens (primary N) is 1. The van der Waals surface area contributed by atoms with Gasteiger partial charge in [0.2, 0.25) is 0 Å². The smallest absolute Gasteiger partial charge is 0.316 e. The summed E-state index contributed by atoms with van der Waals surface area (Å²) in [6.07, 6.45) is 6.53. The van der Waals surface area contributed by atoms with Crippen LogP contribution in [0.1, 0.15) is 32.1 Å². The van der Waals surface area contributed by atoms with Gasteiger partial charge < -0.3 is 21.1 Å². The molecule has 35 heavy (non-hydrogen) atoms. The first-order chi connectivity index (χ1) is 17.1. The summed E-state index contributed by atoms with van der Waals surface area (Å²) in [5.41, 5.74) is 10.5. The van der Waals surface area contributed by atoms with Crippen LogP contribution < -0.4 is 21.1 Å². The number of rotatable bonds is 7. The number of carbonyl (C=O) groups excluding carboxylic acids is 1. The predicted octanol–water partition coefficient (Wildman–Crippen LogP) is 7.10. The van der Waals surface area contributed by atoms with Crippen molar-refractivity contribution >= 4 is 34.0 Å². The Hall–Kier alpha value is -4.06. The Morgan fingerprint density at radius 1 is 0.914 bits per heavy atom. The van der Waals surface area contributed by atoms with Crippen LogP contribution in [0.4, 0.5) is 21.9 Å². The lowest BCUT2D eigenvalue weighted by molar-refractivity contribution is 0.209. The maximum Gasteiger partial charge on any atom is 0.316 e. The van der Waals surface area contributed by atoms with E-state index in [0.717, 1.165) is 45.9 Å². The molecular formula is C29H30N4O2. The number of nitrogens with zero attached hydrogens (tertiary/aromatic N) is 1. The molecule has 0 spiro atoms. The minimum atomic E-state index is -0.600. The molecule has 1 saturated carbocycles. The van der Waals surface area contributed by atoms with Gasteiger partial charge in [0.1, 0.15) is 5.75 Å². The molecule has 1 fully saturated rings. The zero-order valence-electron chi connectivity index (χ0n) is 19.7. The number of aromatic nitrogens is 1. The van der Waals surface area contributed by atoms with Crippen molar-refractivity contribution in [3.8, 4) is 17.0 Å². The van der Waals surface area contributed by atoms with E-state index in [9.17, 15) is 4.79 Å². The van der Waals surface area contributed by atoms with Gasteiger partial charge in [0.15, 0.2) is 0 Å². The van der Waals surface area contributed by atoms with E-state index < -0.39 is 6.03 Å². The highest BCUT2D eigenvalue weighted by Gasteiger charge is 2.14. The summed E-state index contributed by atoms with van der Waals surface area (Å²) in [7, 11) is 0.